The zero-order valence-corrected chi connectivity index (χ0v) is 14.8. The highest BCUT2D eigenvalue weighted by molar-refractivity contribution is 5.80. The Hall–Kier alpha value is -2.92. The average Bonchev–Trinajstić information content (AvgIpc) is 3.02. The number of nitrogens with zero attached hydrogens (tertiary/aromatic N) is 1. The summed E-state index contributed by atoms with van der Waals surface area (Å²) in [4.78, 5) is 0. The lowest BCUT2D eigenvalue weighted by atomic mass is 9.98. The van der Waals surface area contributed by atoms with Crippen LogP contribution in [-0.2, 0) is 12.8 Å². The zero-order chi connectivity index (χ0) is 18.1. The van der Waals surface area contributed by atoms with E-state index in [0.29, 0.717) is 5.56 Å². The first-order valence-corrected chi connectivity index (χ1v) is 9.14. The smallest absolute Gasteiger partial charge is 0.127 e. The number of hydrogen-bond donors (Lipinski definition) is 0. The van der Waals surface area contributed by atoms with Gasteiger partial charge in [-0.15, -0.1) is 0 Å². The fourth-order valence-electron chi connectivity index (χ4n) is 3.75. The molecular weight excluding hydrogens is 321 g/mol. The molecular formula is C24H20FN. The van der Waals surface area contributed by atoms with Crippen LogP contribution in [0.2, 0.25) is 0 Å². The summed E-state index contributed by atoms with van der Waals surface area (Å²) >= 11 is 0. The van der Waals surface area contributed by atoms with Crippen LogP contribution in [0.1, 0.15) is 42.0 Å². The fourth-order valence-corrected chi connectivity index (χ4v) is 3.75. The molecule has 4 rings (SSSR count). The van der Waals surface area contributed by atoms with Crippen LogP contribution >= 0.6 is 0 Å². The number of rotatable bonds is 4. The first kappa shape index (κ1) is 16.5. The summed E-state index contributed by atoms with van der Waals surface area (Å²) in [7, 11) is 0. The van der Waals surface area contributed by atoms with Gasteiger partial charge in [-0.2, -0.15) is 5.26 Å². The SMILES string of the molecule is CCCCc1cc2c(cc1F)-c1ccc(-c3ccc(C#N)cc3)cc1C2. The van der Waals surface area contributed by atoms with Crippen molar-refractivity contribution in [1.29, 1.82) is 5.26 Å². The molecule has 0 saturated heterocycles. The maximum atomic E-state index is 14.5. The van der Waals surface area contributed by atoms with Crippen molar-refractivity contribution in [3.05, 3.63) is 82.7 Å². The molecule has 26 heavy (non-hydrogen) atoms. The molecule has 3 aromatic carbocycles. The summed E-state index contributed by atoms with van der Waals surface area (Å²) in [5.41, 5.74) is 8.37. The fraction of sp³-hybridized carbons (Fsp3) is 0.208. The van der Waals surface area contributed by atoms with Gasteiger partial charge in [0.25, 0.3) is 0 Å². The third-order valence-electron chi connectivity index (χ3n) is 5.20. The lowest BCUT2D eigenvalue weighted by molar-refractivity contribution is 0.603. The van der Waals surface area contributed by atoms with Gasteiger partial charge in [0, 0.05) is 0 Å². The highest BCUT2D eigenvalue weighted by Gasteiger charge is 2.21. The van der Waals surface area contributed by atoms with Crippen molar-refractivity contribution in [1.82, 2.24) is 0 Å². The molecule has 0 aromatic heterocycles. The normalized spacial score (nSPS) is 11.7. The van der Waals surface area contributed by atoms with E-state index in [-0.39, 0.29) is 5.82 Å². The van der Waals surface area contributed by atoms with E-state index in [4.69, 9.17) is 5.26 Å². The highest BCUT2D eigenvalue weighted by Crippen LogP contribution is 2.40. The topological polar surface area (TPSA) is 23.8 Å². The van der Waals surface area contributed by atoms with Gasteiger partial charge < -0.3 is 0 Å². The summed E-state index contributed by atoms with van der Waals surface area (Å²) in [5, 5.41) is 8.94. The van der Waals surface area contributed by atoms with E-state index in [9.17, 15) is 4.39 Å². The Morgan fingerprint density at radius 3 is 2.38 bits per heavy atom. The molecule has 0 atom stereocenters. The van der Waals surface area contributed by atoms with E-state index in [1.165, 1.54) is 11.1 Å². The third kappa shape index (κ3) is 2.91. The van der Waals surface area contributed by atoms with Crippen molar-refractivity contribution < 1.29 is 4.39 Å². The highest BCUT2D eigenvalue weighted by atomic mass is 19.1. The second-order valence-corrected chi connectivity index (χ2v) is 6.94. The van der Waals surface area contributed by atoms with Crippen LogP contribution < -0.4 is 0 Å². The van der Waals surface area contributed by atoms with Crippen molar-refractivity contribution in [2.75, 3.05) is 0 Å². The molecule has 0 N–H and O–H groups in total. The van der Waals surface area contributed by atoms with Crippen molar-refractivity contribution in [2.45, 2.75) is 32.6 Å². The quantitative estimate of drug-likeness (QED) is 0.428. The molecule has 1 aliphatic rings. The Morgan fingerprint density at radius 1 is 0.923 bits per heavy atom. The predicted molar refractivity (Wildman–Crippen MR) is 103 cm³/mol. The van der Waals surface area contributed by atoms with Crippen LogP contribution in [0, 0.1) is 17.1 Å². The van der Waals surface area contributed by atoms with Crippen LogP contribution in [0.4, 0.5) is 4.39 Å². The maximum Gasteiger partial charge on any atom is 0.127 e. The number of nitriles is 1. The number of benzene rings is 3. The maximum absolute atomic E-state index is 14.5. The molecule has 1 aliphatic carbocycles. The van der Waals surface area contributed by atoms with Gasteiger partial charge in [0.1, 0.15) is 5.82 Å². The lowest BCUT2D eigenvalue weighted by Gasteiger charge is -2.07. The largest absolute Gasteiger partial charge is 0.207 e. The number of hydrogen-bond acceptors (Lipinski definition) is 1. The van der Waals surface area contributed by atoms with Gasteiger partial charge in [-0.3, -0.25) is 0 Å². The number of unbranched alkanes of at least 4 members (excludes halogenated alkanes) is 1. The van der Waals surface area contributed by atoms with E-state index in [0.717, 1.165) is 53.5 Å². The Kier molecular flexibility index (Phi) is 4.31. The van der Waals surface area contributed by atoms with Gasteiger partial charge in [0.2, 0.25) is 0 Å². The predicted octanol–water partition coefficient (Wildman–Crippen LogP) is 6.28. The molecule has 2 heteroatoms. The van der Waals surface area contributed by atoms with Crippen LogP contribution in [0.15, 0.2) is 54.6 Å². The van der Waals surface area contributed by atoms with Gasteiger partial charge in [-0.05, 0) is 76.4 Å². The molecule has 0 radical (unpaired) electrons. The van der Waals surface area contributed by atoms with E-state index in [1.54, 1.807) is 6.07 Å². The molecule has 0 spiro atoms. The summed E-state index contributed by atoms with van der Waals surface area (Å²) in [6.45, 7) is 2.13. The average molecular weight is 341 g/mol. The molecule has 0 fully saturated rings. The number of fused-ring (bicyclic) bond motifs is 3. The Morgan fingerprint density at radius 2 is 1.65 bits per heavy atom. The Bertz CT molecular complexity index is 1010. The monoisotopic (exact) mass is 341 g/mol. The Balaban J connectivity index is 1.68. The van der Waals surface area contributed by atoms with E-state index < -0.39 is 0 Å². The van der Waals surface area contributed by atoms with Crippen LogP contribution in [-0.4, -0.2) is 0 Å². The van der Waals surface area contributed by atoms with E-state index >= 15 is 0 Å². The molecule has 0 saturated carbocycles. The summed E-state index contributed by atoms with van der Waals surface area (Å²) in [5.74, 6) is -0.0822. The first-order chi connectivity index (χ1) is 12.7. The van der Waals surface area contributed by atoms with Crippen LogP contribution in [0.5, 0.6) is 0 Å². The van der Waals surface area contributed by atoms with Crippen LogP contribution in [0.3, 0.4) is 0 Å². The van der Waals surface area contributed by atoms with Crippen molar-refractivity contribution in [2.24, 2.45) is 0 Å². The summed E-state index contributed by atoms with van der Waals surface area (Å²) in [6.07, 6.45) is 3.76. The third-order valence-corrected chi connectivity index (χ3v) is 5.20. The molecule has 128 valence electrons. The van der Waals surface area contributed by atoms with Crippen molar-refractivity contribution >= 4 is 0 Å². The molecule has 0 unspecified atom stereocenters. The second kappa shape index (κ2) is 6.77. The summed E-state index contributed by atoms with van der Waals surface area (Å²) < 4.78 is 14.5. The molecule has 1 nitrogen and oxygen atoms in total. The number of aryl methyl sites for hydroxylation is 1. The van der Waals surface area contributed by atoms with Gasteiger partial charge in [0.15, 0.2) is 0 Å². The van der Waals surface area contributed by atoms with Gasteiger partial charge >= 0.3 is 0 Å². The molecule has 0 aliphatic heterocycles. The number of halogens is 1. The van der Waals surface area contributed by atoms with E-state index in [1.807, 2.05) is 24.3 Å². The molecule has 0 bridgehead atoms. The Labute approximate surface area is 153 Å². The van der Waals surface area contributed by atoms with Gasteiger partial charge in [-0.25, -0.2) is 4.39 Å². The lowest BCUT2D eigenvalue weighted by Crippen LogP contribution is -1.93. The van der Waals surface area contributed by atoms with Crippen molar-refractivity contribution in [3.63, 3.8) is 0 Å². The van der Waals surface area contributed by atoms with Gasteiger partial charge in [0.05, 0.1) is 11.6 Å². The zero-order valence-electron chi connectivity index (χ0n) is 14.8. The summed E-state index contributed by atoms with van der Waals surface area (Å²) in [6, 6.07) is 19.9. The minimum absolute atomic E-state index is 0.0822. The standard InChI is InChI=1S/C24H20FN/c1-2-3-4-19-12-21-13-20-11-18(17-7-5-16(15-26)6-8-17)9-10-22(20)23(21)14-24(19)25/h5-12,14H,2-4,13H2,1H3. The molecule has 3 aromatic rings. The van der Waals surface area contributed by atoms with E-state index in [2.05, 4.69) is 37.3 Å². The van der Waals surface area contributed by atoms with Gasteiger partial charge in [-0.1, -0.05) is 49.7 Å². The molecule has 0 amide bonds. The second-order valence-electron chi connectivity index (χ2n) is 6.94. The minimum atomic E-state index is -0.0822. The minimum Gasteiger partial charge on any atom is -0.207 e. The van der Waals surface area contributed by atoms with Crippen molar-refractivity contribution in [3.8, 4) is 28.3 Å². The molecule has 0 heterocycles. The van der Waals surface area contributed by atoms with Crippen LogP contribution in [0.25, 0.3) is 22.3 Å². The first-order valence-electron chi connectivity index (χ1n) is 9.14.